The summed E-state index contributed by atoms with van der Waals surface area (Å²) in [6, 6.07) is 16.5. The summed E-state index contributed by atoms with van der Waals surface area (Å²) in [6.45, 7) is 7.59. The van der Waals surface area contributed by atoms with E-state index in [4.69, 9.17) is 4.74 Å². The maximum absolute atomic E-state index is 12.9. The number of carbonyl (C=O) groups excluding carboxylic acids is 2. The van der Waals surface area contributed by atoms with Gasteiger partial charge in [-0.15, -0.1) is 0 Å². The Morgan fingerprint density at radius 1 is 0.838 bits per heavy atom. The van der Waals surface area contributed by atoms with Crippen LogP contribution in [0.3, 0.4) is 0 Å². The van der Waals surface area contributed by atoms with Gasteiger partial charge in [-0.1, -0.05) is 48.5 Å². The Labute approximate surface area is 216 Å². The van der Waals surface area contributed by atoms with Gasteiger partial charge in [0, 0.05) is 61.3 Å². The molecule has 190 valence electrons. The van der Waals surface area contributed by atoms with Crippen molar-refractivity contribution >= 4 is 22.8 Å². The van der Waals surface area contributed by atoms with Gasteiger partial charge in [-0.3, -0.25) is 14.5 Å². The number of pyridine rings is 1. The first-order valence-corrected chi connectivity index (χ1v) is 12.5. The van der Waals surface area contributed by atoms with Gasteiger partial charge in [0.1, 0.15) is 12.1 Å². The molecule has 0 radical (unpaired) electrons. The van der Waals surface area contributed by atoms with Crippen LogP contribution in [0.5, 0.6) is 0 Å². The summed E-state index contributed by atoms with van der Waals surface area (Å²) in [5.41, 5.74) is 3.64. The first-order valence-electron chi connectivity index (χ1n) is 12.5. The molecule has 37 heavy (non-hydrogen) atoms. The molecule has 3 heterocycles. The Bertz CT molecular complexity index is 1410. The Hall–Kier alpha value is -4.20. The fourth-order valence-electron chi connectivity index (χ4n) is 4.49. The van der Waals surface area contributed by atoms with Gasteiger partial charge in [0.05, 0.1) is 6.20 Å². The molecule has 0 saturated carbocycles. The molecule has 4 aromatic rings. The molecule has 0 atom stereocenters. The normalized spacial score (nSPS) is 14.1. The van der Waals surface area contributed by atoms with E-state index in [-0.39, 0.29) is 18.5 Å². The fraction of sp³-hybridized carbons (Fsp3) is 0.310. The smallest absolute Gasteiger partial charge is 0.410 e. The van der Waals surface area contributed by atoms with E-state index < -0.39 is 5.60 Å². The van der Waals surface area contributed by atoms with Crippen molar-refractivity contribution < 1.29 is 14.3 Å². The highest BCUT2D eigenvalue weighted by molar-refractivity contribution is 5.95. The van der Waals surface area contributed by atoms with Crippen LogP contribution in [0, 0.1) is 0 Å². The summed E-state index contributed by atoms with van der Waals surface area (Å²) in [4.78, 5) is 32.9. The van der Waals surface area contributed by atoms with Crippen LogP contribution in [0.2, 0.25) is 0 Å². The van der Waals surface area contributed by atoms with E-state index in [1.54, 1.807) is 20.7 Å². The van der Waals surface area contributed by atoms with Crippen molar-refractivity contribution in [3.63, 3.8) is 0 Å². The molecule has 8 heteroatoms. The second kappa shape index (κ2) is 10.0. The fourth-order valence-corrected chi connectivity index (χ4v) is 4.49. The second-order valence-corrected chi connectivity index (χ2v) is 10.3. The quantitative estimate of drug-likeness (QED) is 0.403. The largest absolute Gasteiger partial charge is 0.444 e. The molecule has 1 aliphatic heterocycles. The lowest BCUT2D eigenvalue weighted by molar-refractivity contribution is -0.133. The summed E-state index contributed by atoms with van der Waals surface area (Å²) in [5.74, 6) is -0.0164. The zero-order chi connectivity index (χ0) is 26.0. The SMILES string of the molecule is CC(C)(C)OC(=O)N1CCN(C(=O)Cn2cc(-c3ccc(-c4cncc5ccccc45)cc3)cn2)CC1. The molecule has 1 fully saturated rings. The van der Waals surface area contributed by atoms with Crippen molar-refractivity contribution in [1.82, 2.24) is 24.6 Å². The Balaban J connectivity index is 1.20. The molecule has 0 aliphatic carbocycles. The predicted molar refractivity (Wildman–Crippen MR) is 143 cm³/mol. The monoisotopic (exact) mass is 497 g/mol. The van der Waals surface area contributed by atoms with Gasteiger partial charge < -0.3 is 14.5 Å². The van der Waals surface area contributed by atoms with E-state index in [0.717, 1.165) is 27.6 Å². The first kappa shape index (κ1) is 24.5. The van der Waals surface area contributed by atoms with Gasteiger partial charge in [-0.2, -0.15) is 5.10 Å². The van der Waals surface area contributed by atoms with Crippen LogP contribution in [0.25, 0.3) is 33.0 Å². The van der Waals surface area contributed by atoms with Crippen LogP contribution in [-0.2, 0) is 16.1 Å². The number of nitrogens with zero attached hydrogens (tertiary/aromatic N) is 5. The number of fused-ring (bicyclic) bond motifs is 1. The van der Waals surface area contributed by atoms with Crippen molar-refractivity contribution in [2.75, 3.05) is 26.2 Å². The number of piperazine rings is 1. The van der Waals surface area contributed by atoms with E-state index in [2.05, 4.69) is 46.5 Å². The summed E-state index contributed by atoms with van der Waals surface area (Å²) in [6.07, 6.45) is 7.11. The molecular formula is C29H31N5O3. The molecule has 8 nitrogen and oxygen atoms in total. The molecule has 2 amide bonds. The zero-order valence-electron chi connectivity index (χ0n) is 21.4. The number of rotatable bonds is 4. The third-order valence-corrected chi connectivity index (χ3v) is 6.41. The summed E-state index contributed by atoms with van der Waals surface area (Å²) in [5, 5.41) is 6.69. The van der Waals surface area contributed by atoms with E-state index >= 15 is 0 Å². The molecule has 1 saturated heterocycles. The van der Waals surface area contributed by atoms with Crippen LogP contribution < -0.4 is 0 Å². The van der Waals surface area contributed by atoms with Crippen molar-refractivity contribution in [3.8, 4) is 22.3 Å². The second-order valence-electron chi connectivity index (χ2n) is 10.3. The van der Waals surface area contributed by atoms with Gasteiger partial charge >= 0.3 is 6.09 Å². The molecule has 1 aliphatic rings. The van der Waals surface area contributed by atoms with Crippen LogP contribution in [-0.4, -0.2) is 68.3 Å². The molecule has 5 rings (SSSR count). The minimum atomic E-state index is -0.532. The van der Waals surface area contributed by atoms with E-state index in [9.17, 15) is 9.59 Å². The van der Waals surface area contributed by atoms with E-state index in [0.29, 0.717) is 26.2 Å². The summed E-state index contributed by atoms with van der Waals surface area (Å²) in [7, 11) is 0. The lowest BCUT2D eigenvalue weighted by Gasteiger charge is -2.35. The number of hydrogen-bond donors (Lipinski definition) is 0. The van der Waals surface area contributed by atoms with Gasteiger partial charge in [0.2, 0.25) is 5.91 Å². The standard InChI is InChI=1S/C29H31N5O3/c1-29(2,3)37-28(36)33-14-12-32(13-15-33)27(35)20-34-19-24(17-31-34)21-8-10-22(11-9-21)26-18-30-16-23-6-4-5-7-25(23)26/h4-11,16-19H,12-15,20H2,1-3H3. The minimum Gasteiger partial charge on any atom is -0.444 e. The lowest BCUT2D eigenvalue weighted by Crippen LogP contribution is -2.52. The Kier molecular flexibility index (Phi) is 6.65. The van der Waals surface area contributed by atoms with Crippen molar-refractivity contribution in [3.05, 3.63) is 73.3 Å². The molecular weight excluding hydrogens is 466 g/mol. The molecule has 0 N–H and O–H groups in total. The van der Waals surface area contributed by atoms with Gasteiger partial charge in [0.15, 0.2) is 0 Å². The van der Waals surface area contributed by atoms with Crippen molar-refractivity contribution in [2.45, 2.75) is 32.9 Å². The molecule has 0 bridgehead atoms. The van der Waals surface area contributed by atoms with E-state index in [1.807, 2.05) is 51.5 Å². The van der Waals surface area contributed by atoms with Crippen molar-refractivity contribution in [1.29, 1.82) is 0 Å². The predicted octanol–water partition coefficient (Wildman–Crippen LogP) is 4.84. The average Bonchev–Trinajstić information content (AvgIpc) is 3.36. The van der Waals surface area contributed by atoms with Gasteiger partial charge in [-0.05, 0) is 37.3 Å². The topological polar surface area (TPSA) is 80.6 Å². The number of aromatic nitrogens is 3. The summed E-state index contributed by atoms with van der Waals surface area (Å²) < 4.78 is 7.10. The molecule has 0 unspecified atom stereocenters. The maximum atomic E-state index is 12.9. The summed E-state index contributed by atoms with van der Waals surface area (Å²) >= 11 is 0. The van der Waals surface area contributed by atoms with Crippen LogP contribution in [0.15, 0.2) is 73.3 Å². The van der Waals surface area contributed by atoms with Gasteiger partial charge in [-0.25, -0.2) is 4.79 Å². The van der Waals surface area contributed by atoms with Crippen LogP contribution in [0.1, 0.15) is 20.8 Å². The number of carbonyl (C=O) groups is 2. The zero-order valence-corrected chi connectivity index (χ0v) is 21.4. The average molecular weight is 498 g/mol. The Morgan fingerprint density at radius 3 is 2.24 bits per heavy atom. The lowest BCUT2D eigenvalue weighted by atomic mass is 9.99. The number of ether oxygens (including phenoxy) is 1. The first-order chi connectivity index (χ1) is 17.8. The third kappa shape index (κ3) is 5.63. The van der Waals surface area contributed by atoms with Gasteiger partial charge in [0.25, 0.3) is 0 Å². The van der Waals surface area contributed by atoms with E-state index in [1.165, 1.54) is 5.39 Å². The maximum Gasteiger partial charge on any atom is 0.410 e. The number of amides is 2. The molecule has 2 aromatic carbocycles. The minimum absolute atomic E-state index is 0.0164. The van der Waals surface area contributed by atoms with Crippen LogP contribution >= 0.6 is 0 Å². The third-order valence-electron chi connectivity index (χ3n) is 6.41. The highest BCUT2D eigenvalue weighted by Gasteiger charge is 2.27. The highest BCUT2D eigenvalue weighted by atomic mass is 16.6. The molecule has 0 spiro atoms. The number of benzene rings is 2. The number of hydrogen-bond acceptors (Lipinski definition) is 5. The molecule has 2 aromatic heterocycles. The van der Waals surface area contributed by atoms with Crippen molar-refractivity contribution in [2.24, 2.45) is 0 Å². The van der Waals surface area contributed by atoms with Crippen LogP contribution in [0.4, 0.5) is 4.79 Å². The highest BCUT2D eigenvalue weighted by Crippen LogP contribution is 2.29. The Morgan fingerprint density at radius 2 is 1.51 bits per heavy atom.